The Bertz CT molecular complexity index is 1640. The second-order valence-corrected chi connectivity index (χ2v) is 20.4. The van der Waals surface area contributed by atoms with Crippen molar-refractivity contribution >= 4 is 31.9 Å². The molecule has 11 nitrogen and oxygen atoms in total. The Morgan fingerprint density at radius 3 is 2.25 bits per heavy atom. The summed E-state index contributed by atoms with van der Waals surface area (Å²) in [5.74, 6) is -0.654. The minimum atomic E-state index is -2.30. The first-order chi connectivity index (χ1) is 22.2. The number of likely N-dealkylation sites (tertiary alicyclic amines) is 1. The van der Waals surface area contributed by atoms with Crippen LogP contribution in [0.3, 0.4) is 0 Å². The molecule has 0 N–H and O–H groups in total. The molecule has 1 aliphatic heterocycles. The number of carbonyl (C=O) groups excluding carboxylic acids is 2. The summed E-state index contributed by atoms with van der Waals surface area (Å²) in [5.41, 5.74) is 1.65. The minimum absolute atomic E-state index is 0.0593. The number of amides is 2. The summed E-state index contributed by atoms with van der Waals surface area (Å²) in [5, 5.41) is 4.41. The van der Waals surface area contributed by atoms with Crippen LogP contribution >= 0.6 is 11.6 Å². The largest absolute Gasteiger partial charge is 0.444 e. The number of carbonyl (C=O) groups is 2. The predicted molar refractivity (Wildman–Crippen MR) is 188 cm³/mol. The maximum Gasteiger partial charge on any atom is 0.436 e. The van der Waals surface area contributed by atoms with E-state index in [4.69, 9.17) is 25.2 Å². The fraction of sp³-hybridized carbons (Fsp3) is 0.571. The van der Waals surface area contributed by atoms with E-state index in [0.29, 0.717) is 23.6 Å². The third-order valence-electron chi connectivity index (χ3n) is 9.44. The lowest BCUT2D eigenvalue weighted by molar-refractivity contribution is -0.00244. The Kier molecular flexibility index (Phi) is 11.0. The van der Waals surface area contributed by atoms with E-state index in [9.17, 15) is 14.4 Å². The van der Waals surface area contributed by atoms with Crippen molar-refractivity contribution in [2.24, 2.45) is 7.05 Å². The first-order valence-corrected chi connectivity index (χ1v) is 19.7. The van der Waals surface area contributed by atoms with Gasteiger partial charge in [-0.1, -0.05) is 50.6 Å². The molecule has 48 heavy (non-hydrogen) atoms. The van der Waals surface area contributed by atoms with Crippen LogP contribution in [0.15, 0.2) is 51.8 Å². The van der Waals surface area contributed by atoms with Crippen LogP contribution in [0, 0.1) is 0 Å². The van der Waals surface area contributed by atoms with Gasteiger partial charge in [0.05, 0.1) is 12.1 Å². The van der Waals surface area contributed by atoms with Crippen LogP contribution in [0.25, 0.3) is 0 Å². The van der Waals surface area contributed by atoms with E-state index in [2.05, 4.69) is 43.9 Å². The standard InChI is InChI=1S/C35H50ClN5O6Si/c1-22(30-38-40(9)32(43)45-30)39(8)31(42)24-14-12-23(13-15-24)20-26-17-18-27(41(26)33(44)46-34(2,3)4)29(25-16-19-28(36)37-21-25)47-48(10,11)35(5,6)7/h12-16,19,21-22,26-27,29H,17-18,20H2,1-11H3/t22-,26?,27?,29?/m1/s1. The Labute approximate surface area is 289 Å². The number of benzene rings is 1. The molecule has 3 aromatic rings. The fourth-order valence-corrected chi connectivity index (χ4v) is 6.95. The van der Waals surface area contributed by atoms with Crippen molar-refractivity contribution in [3.05, 3.63) is 80.9 Å². The van der Waals surface area contributed by atoms with Crippen LogP contribution in [-0.2, 0) is 22.6 Å². The highest BCUT2D eigenvalue weighted by Gasteiger charge is 2.48. The van der Waals surface area contributed by atoms with E-state index >= 15 is 0 Å². The van der Waals surface area contributed by atoms with E-state index < -0.39 is 31.8 Å². The van der Waals surface area contributed by atoms with Crippen LogP contribution in [0.2, 0.25) is 23.3 Å². The summed E-state index contributed by atoms with van der Waals surface area (Å²) in [7, 11) is 0.841. The van der Waals surface area contributed by atoms with Gasteiger partial charge in [-0.25, -0.2) is 14.6 Å². The monoisotopic (exact) mass is 699 g/mol. The summed E-state index contributed by atoms with van der Waals surface area (Å²) in [6.07, 6.45) is 2.98. The molecular formula is C35H50ClN5O6Si. The molecule has 0 saturated carbocycles. The van der Waals surface area contributed by atoms with Crippen LogP contribution in [0.1, 0.15) is 101 Å². The summed E-state index contributed by atoms with van der Waals surface area (Å²) in [6, 6.07) is 10.1. The van der Waals surface area contributed by atoms with Gasteiger partial charge >= 0.3 is 11.8 Å². The smallest absolute Gasteiger partial charge is 0.436 e. The van der Waals surface area contributed by atoms with Crippen LogP contribution in [0.4, 0.5) is 4.79 Å². The Morgan fingerprint density at radius 2 is 1.73 bits per heavy atom. The Hall–Kier alpha value is -3.48. The number of hydrogen-bond donors (Lipinski definition) is 0. The quantitative estimate of drug-likeness (QED) is 0.168. The summed E-state index contributed by atoms with van der Waals surface area (Å²) in [4.78, 5) is 46.8. The van der Waals surface area contributed by atoms with Crippen LogP contribution < -0.4 is 5.76 Å². The second-order valence-electron chi connectivity index (χ2n) is 15.2. The average Bonchev–Trinajstić information content (AvgIpc) is 3.56. The molecule has 0 radical (unpaired) electrons. The number of hydrogen-bond acceptors (Lipinski definition) is 8. The molecule has 1 aromatic carbocycles. The normalized spacial score (nSPS) is 18.5. The molecule has 1 saturated heterocycles. The van der Waals surface area contributed by atoms with Gasteiger partial charge in [0.2, 0.25) is 5.89 Å². The van der Waals surface area contributed by atoms with Crippen molar-refractivity contribution in [2.45, 2.75) is 116 Å². The molecule has 0 spiro atoms. The van der Waals surface area contributed by atoms with Gasteiger partial charge in [-0.2, -0.15) is 4.68 Å². The SMILES string of the molecule is C[C@H](c1nn(C)c(=O)o1)N(C)C(=O)c1ccc(CC2CCC(C(O[Si](C)(C)C(C)(C)C)c3ccc(Cl)nc3)N2C(=O)OC(C)(C)C)cc1. The van der Waals surface area contributed by atoms with Crippen molar-refractivity contribution in [3.8, 4) is 0 Å². The maximum atomic E-state index is 14.0. The van der Waals surface area contributed by atoms with E-state index in [1.54, 1.807) is 38.4 Å². The van der Waals surface area contributed by atoms with Crippen LogP contribution in [0.5, 0.6) is 0 Å². The molecule has 0 aliphatic carbocycles. The second kappa shape index (κ2) is 14.2. The lowest BCUT2D eigenvalue weighted by Crippen LogP contribution is -2.50. The van der Waals surface area contributed by atoms with Gasteiger partial charge in [-0.15, -0.1) is 5.10 Å². The summed E-state index contributed by atoms with van der Waals surface area (Å²) in [6.45, 7) is 18.4. The van der Waals surface area contributed by atoms with Gasteiger partial charge in [0.15, 0.2) is 8.32 Å². The van der Waals surface area contributed by atoms with Gasteiger partial charge < -0.3 is 18.5 Å². The molecule has 1 aliphatic rings. The molecule has 2 aromatic heterocycles. The lowest BCUT2D eigenvalue weighted by atomic mass is 10.0. The van der Waals surface area contributed by atoms with Gasteiger partial charge in [0.25, 0.3) is 5.91 Å². The molecular weight excluding hydrogens is 650 g/mol. The van der Waals surface area contributed by atoms with Gasteiger partial charge in [-0.05, 0) is 88.9 Å². The zero-order valence-corrected chi connectivity index (χ0v) is 31.8. The minimum Gasteiger partial charge on any atom is -0.444 e. The number of nitrogens with zero attached hydrogens (tertiary/aromatic N) is 5. The van der Waals surface area contributed by atoms with E-state index in [-0.39, 0.29) is 35.0 Å². The highest BCUT2D eigenvalue weighted by Crippen LogP contribution is 2.44. The van der Waals surface area contributed by atoms with Gasteiger partial charge in [0.1, 0.15) is 16.8 Å². The molecule has 262 valence electrons. The highest BCUT2D eigenvalue weighted by molar-refractivity contribution is 6.74. The predicted octanol–water partition coefficient (Wildman–Crippen LogP) is 7.33. The van der Waals surface area contributed by atoms with Crippen molar-refractivity contribution in [2.75, 3.05) is 7.05 Å². The summed E-state index contributed by atoms with van der Waals surface area (Å²) >= 11 is 6.17. The summed E-state index contributed by atoms with van der Waals surface area (Å²) < 4.78 is 19.3. The molecule has 0 bridgehead atoms. The molecule has 1 fully saturated rings. The number of halogens is 1. The van der Waals surface area contributed by atoms with Crippen molar-refractivity contribution in [1.29, 1.82) is 0 Å². The average molecular weight is 700 g/mol. The van der Waals surface area contributed by atoms with E-state index in [1.807, 2.05) is 43.9 Å². The van der Waals surface area contributed by atoms with Crippen molar-refractivity contribution in [3.63, 3.8) is 0 Å². The molecule has 3 unspecified atom stereocenters. The number of aromatic nitrogens is 3. The number of pyridine rings is 1. The molecule has 4 rings (SSSR count). The van der Waals surface area contributed by atoms with Crippen LogP contribution in [-0.4, -0.2) is 69.6 Å². The zero-order chi connectivity index (χ0) is 35.8. The van der Waals surface area contributed by atoms with Crippen molar-refractivity contribution in [1.82, 2.24) is 24.6 Å². The molecule has 13 heteroatoms. The number of rotatable bonds is 9. The molecule has 2 amide bonds. The van der Waals surface area contributed by atoms with E-state index in [1.165, 1.54) is 11.9 Å². The maximum absolute atomic E-state index is 14.0. The third-order valence-corrected chi connectivity index (χ3v) is 14.1. The Morgan fingerprint density at radius 1 is 1.08 bits per heavy atom. The van der Waals surface area contributed by atoms with Gasteiger partial charge in [0, 0.05) is 37.5 Å². The first kappa shape index (κ1) is 37.3. The Balaban J connectivity index is 1.61. The first-order valence-electron chi connectivity index (χ1n) is 16.4. The van der Waals surface area contributed by atoms with E-state index in [0.717, 1.165) is 22.2 Å². The lowest BCUT2D eigenvalue weighted by Gasteiger charge is -2.43. The van der Waals surface area contributed by atoms with Gasteiger partial charge in [-0.3, -0.25) is 9.69 Å². The number of aryl methyl sites for hydroxylation is 1. The van der Waals surface area contributed by atoms with Crippen molar-refractivity contribution < 1.29 is 23.2 Å². The fourth-order valence-electron chi connectivity index (χ4n) is 5.56. The molecule has 3 heterocycles. The number of ether oxygens (including phenoxy) is 1. The molecule has 4 atom stereocenters. The highest BCUT2D eigenvalue weighted by atomic mass is 35.5. The third kappa shape index (κ3) is 8.56. The zero-order valence-electron chi connectivity index (χ0n) is 30.0. The topological polar surface area (TPSA) is 120 Å².